The number of aryl methyl sites for hydroxylation is 1. The Balaban J connectivity index is 0.000000336. The summed E-state index contributed by atoms with van der Waals surface area (Å²) in [7, 11) is 0. The summed E-state index contributed by atoms with van der Waals surface area (Å²) in [6.07, 6.45) is 3.16. The molecule has 3 nitrogen and oxygen atoms in total. The van der Waals surface area contributed by atoms with Crippen LogP contribution in [0, 0.1) is 6.92 Å². The van der Waals surface area contributed by atoms with Gasteiger partial charge in [0.15, 0.2) is 6.39 Å². The number of aromatic nitrogens is 2. The number of nitrogens with zero attached hydrogens (tertiary/aromatic N) is 2. The molecule has 0 N–H and O–H groups in total. The third-order valence-electron chi connectivity index (χ3n) is 1.33. The smallest absolute Gasteiger partial charge is 0.246 e. The summed E-state index contributed by atoms with van der Waals surface area (Å²) in [5.74, 6) is 0. The molecule has 0 amide bonds. The van der Waals surface area contributed by atoms with Gasteiger partial charge in [-0.15, -0.1) is 0 Å². The highest BCUT2D eigenvalue weighted by atomic mass is 16.3. The van der Waals surface area contributed by atoms with E-state index in [0.29, 0.717) is 5.71 Å². The molecule has 0 aliphatic carbocycles. The molecule has 0 bridgehead atoms. The Hall–Kier alpha value is -1.38. The minimum atomic E-state index is 0.602. The van der Waals surface area contributed by atoms with Gasteiger partial charge in [-0.25, -0.2) is 9.97 Å². The lowest BCUT2D eigenvalue weighted by Crippen LogP contribution is -1.76. The summed E-state index contributed by atoms with van der Waals surface area (Å²) in [6, 6.07) is 1.94. The summed E-state index contributed by atoms with van der Waals surface area (Å²) >= 11 is 0. The van der Waals surface area contributed by atoms with Crippen molar-refractivity contribution in [1.29, 1.82) is 0 Å². The molecule has 2 aromatic rings. The van der Waals surface area contributed by atoms with Crippen LogP contribution in [0.2, 0.25) is 0 Å². The number of rotatable bonds is 0. The molecule has 0 aromatic carbocycles. The number of oxazole rings is 1. The van der Waals surface area contributed by atoms with Crippen LogP contribution >= 0.6 is 0 Å². The Morgan fingerprint density at radius 3 is 2.75 bits per heavy atom. The monoisotopic (exact) mass is 164 g/mol. The van der Waals surface area contributed by atoms with Gasteiger partial charge in [0.25, 0.3) is 0 Å². The second-order valence-electron chi connectivity index (χ2n) is 2.19. The summed E-state index contributed by atoms with van der Waals surface area (Å²) < 4.78 is 4.95. The van der Waals surface area contributed by atoms with Gasteiger partial charge in [-0.1, -0.05) is 13.8 Å². The molecule has 0 saturated carbocycles. The first-order valence-corrected chi connectivity index (χ1v) is 4.02. The highest BCUT2D eigenvalue weighted by molar-refractivity contribution is 5.67. The quantitative estimate of drug-likeness (QED) is 0.600. The van der Waals surface area contributed by atoms with E-state index in [9.17, 15) is 0 Å². The van der Waals surface area contributed by atoms with E-state index >= 15 is 0 Å². The topological polar surface area (TPSA) is 38.9 Å². The van der Waals surface area contributed by atoms with Gasteiger partial charge < -0.3 is 4.42 Å². The van der Waals surface area contributed by atoms with Crippen molar-refractivity contribution in [1.82, 2.24) is 9.97 Å². The number of fused-ring (bicyclic) bond motifs is 1. The Kier molecular flexibility index (Phi) is 2.80. The first-order valence-electron chi connectivity index (χ1n) is 4.02. The van der Waals surface area contributed by atoms with Crippen molar-refractivity contribution in [2.45, 2.75) is 20.8 Å². The lowest BCUT2D eigenvalue weighted by Gasteiger charge is -1.86. The van der Waals surface area contributed by atoms with E-state index in [1.54, 1.807) is 6.20 Å². The first kappa shape index (κ1) is 8.71. The molecule has 0 atom stereocenters. The Morgan fingerprint density at radius 2 is 2.00 bits per heavy atom. The van der Waals surface area contributed by atoms with E-state index in [-0.39, 0.29) is 0 Å². The molecule has 64 valence electrons. The molecule has 12 heavy (non-hydrogen) atoms. The lowest BCUT2D eigenvalue weighted by molar-refractivity contribution is 0.590. The van der Waals surface area contributed by atoms with Gasteiger partial charge in [-0.2, -0.15) is 0 Å². The second-order valence-corrected chi connectivity index (χ2v) is 2.19. The molecule has 0 unspecified atom stereocenters. The van der Waals surface area contributed by atoms with E-state index in [0.717, 1.165) is 11.1 Å². The minimum absolute atomic E-state index is 0.602. The van der Waals surface area contributed by atoms with Crippen LogP contribution in [0.15, 0.2) is 23.1 Å². The average Bonchev–Trinajstić information content (AvgIpc) is 2.54. The van der Waals surface area contributed by atoms with Gasteiger partial charge in [-0.05, 0) is 18.6 Å². The van der Waals surface area contributed by atoms with Crippen molar-refractivity contribution in [2.24, 2.45) is 0 Å². The number of hydrogen-bond acceptors (Lipinski definition) is 3. The van der Waals surface area contributed by atoms with Crippen LogP contribution < -0.4 is 0 Å². The van der Waals surface area contributed by atoms with Crippen LogP contribution in [0.5, 0.6) is 0 Å². The molecule has 2 rings (SSSR count). The average molecular weight is 164 g/mol. The Bertz CT molecular complexity index is 354. The van der Waals surface area contributed by atoms with Crippen molar-refractivity contribution in [3.05, 3.63) is 24.2 Å². The summed E-state index contributed by atoms with van der Waals surface area (Å²) in [4.78, 5) is 7.96. The summed E-state index contributed by atoms with van der Waals surface area (Å²) in [6.45, 7) is 5.97. The van der Waals surface area contributed by atoms with Crippen LogP contribution in [-0.2, 0) is 0 Å². The van der Waals surface area contributed by atoms with Crippen molar-refractivity contribution < 1.29 is 4.42 Å². The van der Waals surface area contributed by atoms with Gasteiger partial charge in [0.1, 0.15) is 5.52 Å². The summed E-state index contributed by atoms with van der Waals surface area (Å²) in [5, 5.41) is 0. The van der Waals surface area contributed by atoms with Crippen LogP contribution in [0.25, 0.3) is 11.2 Å². The van der Waals surface area contributed by atoms with Crippen LogP contribution in [0.1, 0.15) is 19.4 Å². The third-order valence-corrected chi connectivity index (χ3v) is 1.33. The predicted molar refractivity (Wildman–Crippen MR) is 47.9 cm³/mol. The lowest BCUT2D eigenvalue weighted by atomic mass is 10.3. The Morgan fingerprint density at radius 1 is 1.25 bits per heavy atom. The Labute approximate surface area is 71.4 Å². The van der Waals surface area contributed by atoms with Crippen molar-refractivity contribution in [3.8, 4) is 0 Å². The maximum atomic E-state index is 4.95. The van der Waals surface area contributed by atoms with E-state index in [2.05, 4.69) is 9.97 Å². The van der Waals surface area contributed by atoms with E-state index in [1.165, 1.54) is 6.39 Å². The maximum absolute atomic E-state index is 4.95. The van der Waals surface area contributed by atoms with Gasteiger partial charge in [0, 0.05) is 6.20 Å². The number of hydrogen-bond donors (Lipinski definition) is 0. The molecule has 2 aromatic heterocycles. The zero-order valence-corrected chi connectivity index (χ0v) is 7.53. The predicted octanol–water partition coefficient (Wildman–Crippen LogP) is 2.56. The standard InChI is InChI=1S/C7H6N2O.C2H6/c1-5-2-6-7(8-3-5)10-4-9-6;1-2/h2-4H,1H3;1-2H3. The third kappa shape index (κ3) is 1.61. The molecule has 2 heterocycles. The van der Waals surface area contributed by atoms with Gasteiger partial charge in [-0.3, -0.25) is 0 Å². The molecular formula is C9H12N2O. The van der Waals surface area contributed by atoms with Crippen molar-refractivity contribution >= 4 is 11.2 Å². The van der Waals surface area contributed by atoms with E-state index < -0.39 is 0 Å². The summed E-state index contributed by atoms with van der Waals surface area (Å²) in [5.41, 5.74) is 2.52. The van der Waals surface area contributed by atoms with E-state index in [4.69, 9.17) is 4.42 Å². The fraction of sp³-hybridized carbons (Fsp3) is 0.333. The highest BCUT2D eigenvalue weighted by Gasteiger charge is 1.96. The zero-order valence-electron chi connectivity index (χ0n) is 7.53. The van der Waals surface area contributed by atoms with E-state index in [1.807, 2.05) is 26.8 Å². The molecule has 0 aliphatic heterocycles. The molecule has 3 heteroatoms. The van der Waals surface area contributed by atoms with Crippen LogP contribution in [0.3, 0.4) is 0 Å². The van der Waals surface area contributed by atoms with Crippen molar-refractivity contribution in [3.63, 3.8) is 0 Å². The largest absolute Gasteiger partial charge is 0.425 e. The van der Waals surface area contributed by atoms with Crippen LogP contribution in [-0.4, -0.2) is 9.97 Å². The molecule has 0 saturated heterocycles. The first-order chi connectivity index (χ1) is 5.86. The van der Waals surface area contributed by atoms with Crippen molar-refractivity contribution in [2.75, 3.05) is 0 Å². The fourth-order valence-electron chi connectivity index (χ4n) is 0.858. The molecular weight excluding hydrogens is 152 g/mol. The molecule has 0 radical (unpaired) electrons. The van der Waals surface area contributed by atoms with Gasteiger partial charge in [0.2, 0.25) is 5.71 Å². The second kappa shape index (κ2) is 3.85. The van der Waals surface area contributed by atoms with Gasteiger partial charge >= 0.3 is 0 Å². The van der Waals surface area contributed by atoms with Gasteiger partial charge in [0.05, 0.1) is 0 Å². The SMILES string of the molecule is CC.Cc1cnc2ocnc2c1. The number of pyridine rings is 1. The van der Waals surface area contributed by atoms with Crippen LogP contribution in [0.4, 0.5) is 0 Å². The maximum Gasteiger partial charge on any atom is 0.246 e. The molecule has 0 fully saturated rings. The molecule has 0 aliphatic rings. The fourth-order valence-corrected chi connectivity index (χ4v) is 0.858. The molecule has 0 spiro atoms. The highest BCUT2D eigenvalue weighted by Crippen LogP contribution is 2.09. The zero-order chi connectivity index (χ0) is 8.97. The normalized spacial score (nSPS) is 9.25. The minimum Gasteiger partial charge on any atom is -0.425 e.